The Morgan fingerprint density at radius 2 is 2.45 bits per heavy atom. The molecule has 1 aliphatic rings. The Kier molecular flexibility index (Phi) is 2.94. The lowest BCUT2D eigenvalue weighted by Gasteiger charge is -2.19. The molecule has 1 unspecified atom stereocenters. The zero-order valence-corrected chi connectivity index (χ0v) is 7.23. The summed E-state index contributed by atoms with van der Waals surface area (Å²) in [5, 5.41) is 0.591. The van der Waals surface area contributed by atoms with Crippen molar-refractivity contribution in [3.8, 4) is 0 Å². The molecule has 3 heteroatoms. The molecule has 1 aliphatic carbocycles. The molecule has 0 saturated carbocycles. The van der Waals surface area contributed by atoms with Crippen molar-refractivity contribution in [1.82, 2.24) is 0 Å². The summed E-state index contributed by atoms with van der Waals surface area (Å²) in [6.07, 6.45) is 3.60. The van der Waals surface area contributed by atoms with Gasteiger partial charge in [0, 0.05) is 6.42 Å². The molecule has 0 fully saturated rings. The van der Waals surface area contributed by atoms with Crippen LogP contribution in [0.2, 0.25) is 0 Å². The predicted molar refractivity (Wildman–Crippen MR) is 43.3 cm³/mol. The van der Waals surface area contributed by atoms with Gasteiger partial charge in [-0.1, -0.05) is 11.6 Å². The number of ether oxygens (including phenoxy) is 1. The summed E-state index contributed by atoms with van der Waals surface area (Å²) in [5.41, 5.74) is 0. The molecule has 1 rings (SSSR count). The standard InChI is InChI=1S/C8H11ClO2/c1-11-7-4-2-3-6(5-10)8(7)9/h5-6H,2-4H2,1H3. The van der Waals surface area contributed by atoms with Gasteiger partial charge in [-0.05, 0) is 12.8 Å². The summed E-state index contributed by atoms with van der Waals surface area (Å²) < 4.78 is 5.02. The maximum absolute atomic E-state index is 10.5. The molecule has 0 aromatic heterocycles. The number of allylic oxidation sites excluding steroid dienone is 2. The number of carbonyl (C=O) groups excluding carboxylic acids is 1. The SMILES string of the molecule is COC1=C(Cl)C(C=O)CCC1. The molecule has 1 atom stereocenters. The van der Waals surface area contributed by atoms with E-state index in [1.807, 2.05) is 0 Å². The second kappa shape index (κ2) is 3.77. The molecule has 0 aliphatic heterocycles. The molecule has 0 heterocycles. The maximum atomic E-state index is 10.5. The number of carbonyl (C=O) groups is 1. The lowest BCUT2D eigenvalue weighted by atomic mass is 9.96. The van der Waals surface area contributed by atoms with Crippen LogP contribution in [0, 0.1) is 5.92 Å². The number of hydrogen-bond donors (Lipinski definition) is 0. The Hall–Kier alpha value is -0.500. The fraction of sp³-hybridized carbons (Fsp3) is 0.625. The predicted octanol–water partition coefficient (Wildman–Crippen LogP) is 2.08. The summed E-state index contributed by atoms with van der Waals surface area (Å²) in [6.45, 7) is 0. The van der Waals surface area contributed by atoms with E-state index >= 15 is 0 Å². The van der Waals surface area contributed by atoms with E-state index in [2.05, 4.69) is 0 Å². The Labute approximate surface area is 71.2 Å². The average molecular weight is 175 g/mol. The molecule has 2 nitrogen and oxygen atoms in total. The molecule has 62 valence electrons. The van der Waals surface area contributed by atoms with E-state index in [1.165, 1.54) is 0 Å². The lowest BCUT2D eigenvalue weighted by molar-refractivity contribution is -0.110. The van der Waals surface area contributed by atoms with Crippen LogP contribution >= 0.6 is 11.6 Å². The van der Waals surface area contributed by atoms with Gasteiger partial charge >= 0.3 is 0 Å². The van der Waals surface area contributed by atoms with Crippen molar-refractivity contribution in [2.24, 2.45) is 5.92 Å². The Balaban J connectivity index is 2.78. The second-order valence-corrected chi connectivity index (χ2v) is 3.02. The molecule has 0 spiro atoms. The van der Waals surface area contributed by atoms with Crippen molar-refractivity contribution in [3.05, 3.63) is 10.8 Å². The smallest absolute Gasteiger partial charge is 0.128 e. The fourth-order valence-corrected chi connectivity index (χ4v) is 1.59. The zero-order chi connectivity index (χ0) is 8.27. The van der Waals surface area contributed by atoms with Crippen LogP contribution < -0.4 is 0 Å². The first-order chi connectivity index (χ1) is 5.29. The van der Waals surface area contributed by atoms with Crippen LogP contribution in [-0.2, 0) is 9.53 Å². The van der Waals surface area contributed by atoms with Crippen molar-refractivity contribution in [2.75, 3.05) is 7.11 Å². The first-order valence-electron chi connectivity index (χ1n) is 3.67. The van der Waals surface area contributed by atoms with Gasteiger partial charge in [0.05, 0.1) is 18.1 Å². The number of methoxy groups -OCH3 is 1. The summed E-state index contributed by atoms with van der Waals surface area (Å²) in [7, 11) is 1.59. The summed E-state index contributed by atoms with van der Waals surface area (Å²) in [5.74, 6) is 0.649. The van der Waals surface area contributed by atoms with Gasteiger partial charge in [-0.25, -0.2) is 0 Å². The highest BCUT2D eigenvalue weighted by atomic mass is 35.5. The number of aldehydes is 1. The third kappa shape index (κ3) is 1.74. The van der Waals surface area contributed by atoms with Crippen LogP contribution in [-0.4, -0.2) is 13.4 Å². The van der Waals surface area contributed by atoms with Gasteiger partial charge in [-0.2, -0.15) is 0 Å². The van der Waals surface area contributed by atoms with E-state index in [1.54, 1.807) is 7.11 Å². The Morgan fingerprint density at radius 1 is 1.73 bits per heavy atom. The topological polar surface area (TPSA) is 26.3 Å². The molecular formula is C8H11ClO2. The van der Waals surface area contributed by atoms with Gasteiger partial charge in [0.2, 0.25) is 0 Å². The molecule has 0 aromatic rings. The van der Waals surface area contributed by atoms with Crippen molar-refractivity contribution in [3.63, 3.8) is 0 Å². The number of halogens is 1. The zero-order valence-electron chi connectivity index (χ0n) is 6.47. The monoisotopic (exact) mass is 174 g/mol. The highest BCUT2D eigenvalue weighted by Gasteiger charge is 2.21. The van der Waals surface area contributed by atoms with Crippen molar-refractivity contribution >= 4 is 17.9 Å². The van der Waals surface area contributed by atoms with Gasteiger partial charge in [0.25, 0.3) is 0 Å². The van der Waals surface area contributed by atoms with Gasteiger partial charge in [0.15, 0.2) is 0 Å². The van der Waals surface area contributed by atoms with Crippen LogP contribution in [0.4, 0.5) is 0 Å². The Bertz CT molecular complexity index is 187. The van der Waals surface area contributed by atoms with Crippen molar-refractivity contribution < 1.29 is 9.53 Å². The molecule has 11 heavy (non-hydrogen) atoms. The molecule has 0 bridgehead atoms. The van der Waals surface area contributed by atoms with Gasteiger partial charge in [-0.15, -0.1) is 0 Å². The van der Waals surface area contributed by atoms with Crippen LogP contribution in [0.15, 0.2) is 10.8 Å². The highest BCUT2D eigenvalue weighted by molar-refractivity contribution is 6.31. The van der Waals surface area contributed by atoms with E-state index < -0.39 is 0 Å². The maximum Gasteiger partial charge on any atom is 0.128 e. The molecule has 0 aromatic carbocycles. The van der Waals surface area contributed by atoms with Crippen LogP contribution in [0.3, 0.4) is 0 Å². The van der Waals surface area contributed by atoms with E-state index in [0.717, 1.165) is 31.3 Å². The fourth-order valence-electron chi connectivity index (χ4n) is 1.26. The summed E-state index contributed by atoms with van der Waals surface area (Å²) in [6, 6.07) is 0. The third-order valence-electron chi connectivity index (χ3n) is 1.92. The summed E-state index contributed by atoms with van der Waals surface area (Å²) >= 11 is 5.87. The van der Waals surface area contributed by atoms with E-state index in [-0.39, 0.29) is 5.92 Å². The quantitative estimate of drug-likeness (QED) is 0.600. The normalized spacial score (nSPS) is 25.1. The number of hydrogen-bond acceptors (Lipinski definition) is 2. The largest absolute Gasteiger partial charge is 0.500 e. The summed E-state index contributed by atoms with van der Waals surface area (Å²) in [4.78, 5) is 10.5. The molecule has 0 saturated heterocycles. The second-order valence-electron chi connectivity index (χ2n) is 2.61. The lowest BCUT2D eigenvalue weighted by Crippen LogP contribution is -2.11. The Morgan fingerprint density at radius 3 is 3.00 bits per heavy atom. The van der Waals surface area contributed by atoms with E-state index in [0.29, 0.717) is 5.03 Å². The van der Waals surface area contributed by atoms with E-state index in [9.17, 15) is 4.79 Å². The third-order valence-corrected chi connectivity index (χ3v) is 2.41. The van der Waals surface area contributed by atoms with Crippen LogP contribution in [0.5, 0.6) is 0 Å². The average Bonchev–Trinajstić information content (AvgIpc) is 2.05. The van der Waals surface area contributed by atoms with Gasteiger partial charge in [0.1, 0.15) is 12.0 Å². The molecule has 0 amide bonds. The minimum absolute atomic E-state index is 0.125. The molecule has 0 radical (unpaired) electrons. The first kappa shape index (κ1) is 8.60. The van der Waals surface area contributed by atoms with Crippen molar-refractivity contribution in [2.45, 2.75) is 19.3 Å². The minimum atomic E-state index is -0.125. The first-order valence-corrected chi connectivity index (χ1v) is 4.05. The van der Waals surface area contributed by atoms with Crippen molar-refractivity contribution in [1.29, 1.82) is 0 Å². The number of rotatable bonds is 2. The highest BCUT2D eigenvalue weighted by Crippen LogP contribution is 2.31. The molecular weight excluding hydrogens is 164 g/mol. The molecule has 0 N–H and O–H groups in total. The van der Waals surface area contributed by atoms with Crippen LogP contribution in [0.1, 0.15) is 19.3 Å². The van der Waals surface area contributed by atoms with Crippen LogP contribution in [0.25, 0.3) is 0 Å². The minimum Gasteiger partial charge on any atom is -0.500 e. The van der Waals surface area contributed by atoms with Gasteiger partial charge in [-0.3, -0.25) is 0 Å². The van der Waals surface area contributed by atoms with Gasteiger partial charge < -0.3 is 9.53 Å². The van der Waals surface area contributed by atoms with E-state index in [4.69, 9.17) is 16.3 Å².